The van der Waals surface area contributed by atoms with Crippen molar-refractivity contribution in [3.8, 4) is 0 Å². The molecular formula is C14H28N2O3. The third-order valence-electron chi connectivity index (χ3n) is 3.12. The van der Waals surface area contributed by atoms with Crippen LogP contribution >= 0.6 is 0 Å². The Balaban J connectivity index is 2.14. The molecule has 19 heavy (non-hydrogen) atoms. The molecule has 0 radical (unpaired) electrons. The van der Waals surface area contributed by atoms with Crippen LogP contribution in [-0.2, 0) is 9.47 Å². The van der Waals surface area contributed by atoms with Crippen LogP contribution in [-0.4, -0.2) is 43.0 Å². The van der Waals surface area contributed by atoms with Crippen LogP contribution in [0.15, 0.2) is 0 Å². The fourth-order valence-electron chi connectivity index (χ4n) is 2.07. The molecule has 3 unspecified atom stereocenters. The van der Waals surface area contributed by atoms with Crippen molar-refractivity contribution in [1.82, 2.24) is 10.6 Å². The number of carbonyl (C=O) groups is 1. The van der Waals surface area contributed by atoms with E-state index in [-0.39, 0.29) is 18.2 Å². The van der Waals surface area contributed by atoms with E-state index in [1.165, 1.54) is 0 Å². The van der Waals surface area contributed by atoms with Crippen LogP contribution < -0.4 is 10.6 Å². The Hall–Kier alpha value is -0.810. The lowest BCUT2D eigenvalue weighted by Gasteiger charge is -2.22. The van der Waals surface area contributed by atoms with Gasteiger partial charge in [-0.2, -0.15) is 0 Å². The van der Waals surface area contributed by atoms with Crippen molar-refractivity contribution in [1.29, 1.82) is 0 Å². The van der Waals surface area contributed by atoms with Crippen molar-refractivity contribution in [2.24, 2.45) is 0 Å². The highest BCUT2D eigenvalue weighted by Crippen LogP contribution is 2.12. The molecule has 0 bridgehead atoms. The summed E-state index contributed by atoms with van der Waals surface area (Å²) in [4.78, 5) is 11.6. The molecule has 0 aromatic carbocycles. The Morgan fingerprint density at radius 1 is 1.47 bits per heavy atom. The van der Waals surface area contributed by atoms with Crippen molar-refractivity contribution in [3.63, 3.8) is 0 Å². The lowest BCUT2D eigenvalue weighted by atomic mass is 10.1. The maximum atomic E-state index is 11.6. The molecule has 5 nitrogen and oxygen atoms in total. The van der Waals surface area contributed by atoms with Gasteiger partial charge in [0.1, 0.15) is 5.60 Å². The highest BCUT2D eigenvalue weighted by Gasteiger charge is 2.23. The normalized spacial score (nSPS) is 25.1. The van der Waals surface area contributed by atoms with Crippen LogP contribution in [0.1, 0.15) is 47.5 Å². The number of amides is 1. The lowest BCUT2D eigenvalue weighted by molar-refractivity contribution is 0.0506. The van der Waals surface area contributed by atoms with Crippen molar-refractivity contribution < 1.29 is 14.3 Å². The van der Waals surface area contributed by atoms with Gasteiger partial charge in [0.25, 0.3) is 0 Å². The van der Waals surface area contributed by atoms with Crippen molar-refractivity contribution >= 4 is 6.09 Å². The van der Waals surface area contributed by atoms with E-state index in [4.69, 9.17) is 9.47 Å². The molecule has 1 aliphatic rings. The van der Waals surface area contributed by atoms with E-state index < -0.39 is 5.60 Å². The second-order valence-electron chi connectivity index (χ2n) is 6.26. The third kappa shape index (κ3) is 6.78. The minimum Gasteiger partial charge on any atom is -0.444 e. The molecule has 0 aliphatic carbocycles. The van der Waals surface area contributed by atoms with Gasteiger partial charge in [0.2, 0.25) is 0 Å². The molecule has 2 N–H and O–H groups in total. The first-order valence-electron chi connectivity index (χ1n) is 7.12. The monoisotopic (exact) mass is 272 g/mol. The fourth-order valence-corrected chi connectivity index (χ4v) is 2.07. The van der Waals surface area contributed by atoms with Gasteiger partial charge in [0.15, 0.2) is 0 Å². The van der Waals surface area contributed by atoms with Crippen molar-refractivity contribution in [3.05, 3.63) is 0 Å². The summed E-state index contributed by atoms with van der Waals surface area (Å²) in [6, 6.07) is 0.536. The second-order valence-corrected chi connectivity index (χ2v) is 6.26. The van der Waals surface area contributed by atoms with Crippen LogP contribution in [0.25, 0.3) is 0 Å². The van der Waals surface area contributed by atoms with E-state index in [1.54, 1.807) is 0 Å². The molecule has 0 saturated carbocycles. The van der Waals surface area contributed by atoms with Crippen LogP contribution in [0.4, 0.5) is 4.79 Å². The van der Waals surface area contributed by atoms with Gasteiger partial charge < -0.3 is 20.1 Å². The van der Waals surface area contributed by atoms with E-state index in [1.807, 2.05) is 27.7 Å². The number of alkyl carbamates (subject to hydrolysis) is 1. The highest BCUT2D eigenvalue weighted by atomic mass is 16.6. The molecule has 1 amide bonds. The standard InChI is InChI=1S/C14H28N2O3/c1-10(16-13(17)19-14(3,4)5)6-8-15-12-7-9-18-11(12)2/h10-12,15H,6-9H2,1-5H3,(H,16,17). The third-order valence-corrected chi connectivity index (χ3v) is 3.12. The zero-order chi connectivity index (χ0) is 14.5. The van der Waals surface area contributed by atoms with Gasteiger partial charge in [0.05, 0.1) is 6.10 Å². The highest BCUT2D eigenvalue weighted by molar-refractivity contribution is 5.67. The Kier molecular flexibility index (Phi) is 6.07. The molecule has 1 rings (SSSR count). The Morgan fingerprint density at radius 2 is 2.16 bits per heavy atom. The zero-order valence-corrected chi connectivity index (χ0v) is 12.8. The van der Waals surface area contributed by atoms with Gasteiger partial charge in [-0.05, 0) is 54.0 Å². The molecule has 0 spiro atoms. The van der Waals surface area contributed by atoms with Crippen molar-refractivity contribution in [2.45, 2.75) is 71.2 Å². The fraction of sp³-hybridized carbons (Fsp3) is 0.929. The average Bonchev–Trinajstić information content (AvgIpc) is 2.61. The second kappa shape index (κ2) is 7.10. The number of ether oxygens (including phenoxy) is 2. The van der Waals surface area contributed by atoms with Crippen molar-refractivity contribution in [2.75, 3.05) is 13.2 Å². The number of carbonyl (C=O) groups excluding carboxylic acids is 1. The molecule has 5 heteroatoms. The van der Waals surface area contributed by atoms with Gasteiger partial charge in [-0.15, -0.1) is 0 Å². The minimum atomic E-state index is -0.446. The molecule has 0 aromatic heterocycles. The lowest BCUT2D eigenvalue weighted by Crippen LogP contribution is -2.41. The zero-order valence-electron chi connectivity index (χ0n) is 12.8. The summed E-state index contributed by atoms with van der Waals surface area (Å²) in [5, 5.41) is 6.31. The number of nitrogens with one attached hydrogen (secondary N) is 2. The topological polar surface area (TPSA) is 59.6 Å². The summed E-state index contributed by atoms with van der Waals surface area (Å²) in [5.41, 5.74) is -0.446. The largest absolute Gasteiger partial charge is 0.444 e. The van der Waals surface area contributed by atoms with E-state index in [9.17, 15) is 4.79 Å². The summed E-state index contributed by atoms with van der Waals surface area (Å²) in [5.74, 6) is 0. The summed E-state index contributed by atoms with van der Waals surface area (Å²) in [6.45, 7) is 11.4. The minimum absolute atomic E-state index is 0.0972. The Bertz CT molecular complexity index is 289. The first-order valence-corrected chi connectivity index (χ1v) is 7.12. The summed E-state index contributed by atoms with van der Waals surface area (Å²) in [6.07, 6.45) is 1.88. The molecule has 3 atom stereocenters. The maximum Gasteiger partial charge on any atom is 0.407 e. The maximum absolute atomic E-state index is 11.6. The quantitative estimate of drug-likeness (QED) is 0.804. The molecule has 1 heterocycles. The molecule has 112 valence electrons. The van der Waals surface area contributed by atoms with E-state index in [0.29, 0.717) is 6.04 Å². The van der Waals surface area contributed by atoms with Gasteiger partial charge in [0, 0.05) is 18.7 Å². The molecule has 1 fully saturated rings. The molecule has 1 aliphatic heterocycles. The first-order chi connectivity index (χ1) is 8.78. The predicted molar refractivity (Wildman–Crippen MR) is 75.3 cm³/mol. The van der Waals surface area contributed by atoms with E-state index >= 15 is 0 Å². The SMILES string of the molecule is CC(CCNC1CCOC1C)NC(=O)OC(C)(C)C. The average molecular weight is 272 g/mol. The smallest absolute Gasteiger partial charge is 0.407 e. The first kappa shape index (κ1) is 16.2. The summed E-state index contributed by atoms with van der Waals surface area (Å²) in [7, 11) is 0. The van der Waals surface area contributed by atoms with Crippen LogP contribution in [0.3, 0.4) is 0 Å². The Labute approximate surface area is 116 Å². The molecule has 0 aromatic rings. The number of rotatable bonds is 5. The van der Waals surface area contributed by atoms with Gasteiger partial charge >= 0.3 is 6.09 Å². The van der Waals surface area contributed by atoms with Gasteiger partial charge in [-0.1, -0.05) is 0 Å². The molecule has 1 saturated heterocycles. The van der Waals surface area contributed by atoms with Gasteiger partial charge in [-0.25, -0.2) is 4.79 Å². The van der Waals surface area contributed by atoms with Crippen LogP contribution in [0.5, 0.6) is 0 Å². The van der Waals surface area contributed by atoms with E-state index in [0.717, 1.165) is 26.0 Å². The molecular weight excluding hydrogens is 244 g/mol. The summed E-state index contributed by atoms with van der Waals surface area (Å²) < 4.78 is 10.7. The van der Waals surface area contributed by atoms with Crippen LogP contribution in [0, 0.1) is 0 Å². The van der Waals surface area contributed by atoms with Gasteiger partial charge in [-0.3, -0.25) is 0 Å². The van der Waals surface area contributed by atoms with Crippen LogP contribution in [0.2, 0.25) is 0 Å². The van der Waals surface area contributed by atoms with E-state index in [2.05, 4.69) is 17.6 Å². The summed E-state index contributed by atoms with van der Waals surface area (Å²) >= 11 is 0. The number of hydrogen-bond acceptors (Lipinski definition) is 4. The Morgan fingerprint density at radius 3 is 2.68 bits per heavy atom. The number of hydrogen-bond donors (Lipinski definition) is 2. The predicted octanol–water partition coefficient (Wildman–Crippen LogP) is 2.06.